The van der Waals surface area contributed by atoms with Crippen LogP contribution in [0.4, 0.5) is 5.82 Å². The lowest BCUT2D eigenvalue weighted by Gasteiger charge is -2.57. The third kappa shape index (κ3) is 4.15. The quantitative estimate of drug-likeness (QED) is 0.474. The Labute approximate surface area is 233 Å². The summed E-state index contributed by atoms with van der Waals surface area (Å²) in [6.07, 6.45) is 13.9. The third-order valence-corrected chi connectivity index (χ3v) is 10.6. The maximum Gasteiger partial charge on any atom is 0.252 e. The standard InChI is InChI=1S/C29H40N6O5/c36-7-6-30-26(37)22-21-23(40-29(39-21)4-2-1-3-5-29)27(38-22)35-16-34-20-24(32-15-33-25(20)35)31-14-28-11-17-8-18(12-28)10-19(9-17)13-28/h15-19,21-23,27,36H,1-14H2,(H,30,37)(H,31,32,33)/t17?,18?,19?,21?,22-,23-,27+,28?/m0/s1. The highest BCUT2D eigenvalue weighted by atomic mass is 16.8. The van der Waals surface area contributed by atoms with Gasteiger partial charge in [-0.3, -0.25) is 9.36 Å². The molecule has 11 heteroatoms. The van der Waals surface area contributed by atoms with Crippen LogP contribution >= 0.6 is 0 Å². The van der Waals surface area contributed by atoms with Gasteiger partial charge in [0.1, 0.15) is 18.5 Å². The molecule has 2 aromatic rings. The molecule has 9 rings (SSSR count). The molecule has 1 spiro atoms. The van der Waals surface area contributed by atoms with Gasteiger partial charge in [0.05, 0.1) is 12.9 Å². The lowest BCUT2D eigenvalue weighted by Crippen LogP contribution is -2.49. The van der Waals surface area contributed by atoms with Crippen molar-refractivity contribution in [3.63, 3.8) is 0 Å². The van der Waals surface area contributed by atoms with E-state index in [1.807, 2.05) is 4.57 Å². The van der Waals surface area contributed by atoms with E-state index in [1.54, 1.807) is 12.7 Å². The van der Waals surface area contributed by atoms with Gasteiger partial charge in [-0.25, -0.2) is 15.0 Å². The predicted molar refractivity (Wildman–Crippen MR) is 144 cm³/mol. The number of carbonyl (C=O) groups is 1. The van der Waals surface area contributed by atoms with Gasteiger partial charge in [-0.2, -0.15) is 0 Å². The Bertz CT molecular complexity index is 1240. The molecule has 3 N–H and O–H groups in total. The summed E-state index contributed by atoms with van der Waals surface area (Å²) in [6, 6.07) is 0. The van der Waals surface area contributed by atoms with Crippen LogP contribution in [0.2, 0.25) is 0 Å². The number of carbonyl (C=O) groups excluding carboxylic acids is 1. The number of imidazole rings is 1. The summed E-state index contributed by atoms with van der Waals surface area (Å²) in [5, 5.41) is 15.7. The van der Waals surface area contributed by atoms with Gasteiger partial charge in [-0.05, 0) is 74.5 Å². The second-order valence-corrected chi connectivity index (χ2v) is 13.4. The van der Waals surface area contributed by atoms with Crippen LogP contribution in [-0.4, -0.2) is 74.3 Å². The smallest absolute Gasteiger partial charge is 0.252 e. The zero-order valence-corrected chi connectivity index (χ0v) is 23.0. The number of anilines is 1. The van der Waals surface area contributed by atoms with Crippen LogP contribution in [-0.2, 0) is 19.0 Å². The van der Waals surface area contributed by atoms with Crippen LogP contribution in [0.25, 0.3) is 11.2 Å². The number of fused-ring (bicyclic) bond motifs is 2. The maximum absolute atomic E-state index is 13.1. The lowest BCUT2D eigenvalue weighted by molar-refractivity contribution is -0.229. The fraction of sp³-hybridized carbons (Fsp3) is 0.793. The molecule has 4 heterocycles. The molecule has 0 aromatic carbocycles. The first-order chi connectivity index (χ1) is 19.5. The van der Waals surface area contributed by atoms with E-state index in [1.165, 1.54) is 38.5 Å². The first-order valence-corrected chi connectivity index (χ1v) is 15.3. The average molecular weight is 553 g/mol. The second kappa shape index (κ2) is 9.61. The summed E-state index contributed by atoms with van der Waals surface area (Å²) in [5.74, 6) is 2.45. The zero-order valence-electron chi connectivity index (χ0n) is 23.0. The summed E-state index contributed by atoms with van der Waals surface area (Å²) >= 11 is 0. The van der Waals surface area contributed by atoms with E-state index in [2.05, 4.69) is 20.6 Å². The largest absolute Gasteiger partial charge is 0.395 e. The van der Waals surface area contributed by atoms with Crippen molar-refractivity contribution in [2.24, 2.45) is 23.2 Å². The SMILES string of the molecule is O=C(NCCO)[C@H]1O[C@@H](n2cnc3c(NCC45CC6CC(CC(C6)C4)C5)ncnc32)[C@H]2OC3(CCCCC3)OC12. The molecular formula is C29H40N6O5. The topological polar surface area (TPSA) is 133 Å². The minimum Gasteiger partial charge on any atom is -0.395 e. The molecule has 5 saturated carbocycles. The Morgan fingerprint density at radius 2 is 1.73 bits per heavy atom. The summed E-state index contributed by atoms with van der Waals surface area (Å²) in [4.78, 5) is 27.0. The van der Waals surface area contributed by atoms with E-state index in [0.29, 0.717) is 16.6 Å². The molecule has 7 aliphatic rings. The van der Waals surface area contributed by atoms with Crippen molar-refractivity contribution in [2.45, 2.75) is 101 Å². The van der Waals surface area contributed by atoms with Gasteiger partial charge in [0.2, 0.25) is 0 Å². The molecular weight excluding hydrogens is 512 g/mol. The van der Waals surface area contributed by atoms with Crippen LogP contribution < -0.4 is 10.6 Å². The molecule has 5 aliphatic carbocycles. The second-order valence-electron chi connectivity index (χ2n) is 13.4. The van der Waals surface area contributed by atoms with E-state index in [-0.39, 0.29) is 19.1 Å². The first kappa shape index (κ1) is 25.4. The molecule has 40 heavy (non-hydrogen) atoms. The molecule has 2 aromatic heterocycles. The number of hydrogen-bond acceptors (Lipinski definition) is 9. The van der Waals surface area contributed by atoms with E-state index in [9.17, 15) is 9.90 Å². The van der Waals surface area contributed by atoms with Gasteiger partial charge in [-0.15, -0.1) is 0 Å². The summed E-state index contributed by atoms with van der Waals surface area (Å²) in [5.41, 5.74) is 1.72. The molecule has 2 aliphatic heterocycles. The van der Waals surface area contributed by atoms with Gasteiger partial charge in [0.15, 0.2) is 35.1 Å². The zero-order chi connectivity index (χ0) is 26.9. The number of amides is 1. The minimum absolute atomic E-state index is 0.139. The van der Waals surface area contributed by atoms with Crippen molar-refractivity contribution < 1.29 is 24.1 Å². The number of aliphatic hydroxyl groups is 1. The van der Waals surface area contributed by atoms with Crippen molar-refractivity contribution in [2.75, 3.05) is 25.0 Å². The van der Waals surface area contributed by atoms with Crippen molar-refractivity contribution >= 4 is 22.9 Å². The Balaban J connectivity index is 1.06. The Hall–Kier alpha value is -2.34. The van der Waals surface area contributed by atoms with E-state index in [4.69, 9.17) is 19.2 Å². The summed E-state index contributed by atoms with van der Waals surface area (Å²) < 4.78 is 21.3. The number of rotatable bonds is 7. The molecule has 1 amide bonds. The first-order valence-electron chi connectivity index (χ1n) is 15.3. The van der Waals surface area contributed by atoms with Gasteiger partial charge < -0.3 is 30.0 Å². The van der Waals surface area contributed by atoms with Crippen molar-refractivity contribution in [1.29, 1.82) is 0 Å². The lowest BCUT2D eigenvalue weighted by atomic mass is 9.49. The van der Waals surface area contributed by atoms with Crippen LogP contribution in [0, 0.1) is 23.2 Å². The fourth-order valence-corrected chi connectivity index (χ4v) is 9.40. The highest BCUT2D eigenvalue weighted by Gasteiger charge is 2.61. The van der Waals surface area contributed by atoms with Gasteiger partial charge in [-0.1, -0.05) is 6.42 Å². The van der Waals surface area contributed by atoms with E-state index < -0.39 is 30.3 Å². The summed E-state index contributed by atoms with van der Waals surface area (Å²) in [7, 11) is 0. The molecule has 216 valence electrons. The number of nitrogens with zero attached hydrogens (tertiary/aromatic N) is 4. The monoisotopic (exact) mass is 552 g/mol. The van der Waals surface area contributed by atoms with E-state index >= 15 is 0 Å². The number of nitrogens with one attached hydrogen (secondary N) is 2. The Kier molecular flexibility index (Phi) is 6.09. The molecule has 1 unspecified atom stereocenters. The third-order valence-electron chi connectivity index (χ3n) is 10.6. The highest BCUT2D eigenvalue weighted by Crippen LogP contribution is 2.60. The number of hydrogen-bond donors (Lipinski definition) is 3. The van der Waals surface area contributed by atoms with E-state index in [0.717, 1.165) is 62.2 Å². The number of aliphatic hydroxyl groups excluding tert-OH is 1. The minimum atomic E-state index is -0.851. The number of aromatic nitrogens is 4. The number of ether oxygens (including phenoxy) is 3. The Morgan fingerprint density at radius 3 is 2.45 bits per heavy atom. The van der Waals surface area contributed by atoms with Gasteiger partial charge >= 0.3 is 0 Å². The highest BCUT2D eigenvalue weighted by molar-refractivity contribution is 5.83. The average Bonchev–Trinajstić information content (AvgIpc) is 3.62. The van der Waals surface area contributed by atoms with Crippen LogP contribution in [0.3, 0.4) is 0 Å². The maximum atomic E-state index is 13.1. The molecule has 11 nitrogen and oxygen atoms in total. The van der Waals surface area contributed by atoms with Crippen LogP contribution in [0.1, 0.15) is 76.9 Å². The predicted octanol–water partition coefficient (Wildman–Crippen LogP) is 2.90. The van der Waals surface area contributed by atoms with Gasteiger partial charge in [0, 0.05) is 25.9 Å². The van der Waals surface area contributed by atoms with Crippen molar-refractivity contribution in [1.82, 2.24) is 24.8 Å². The normalized spacial score (nSPS) is 39.2. The van der Waals surface area contributed by atoms with Crippen LogP contribution in [0.5, 0.6) is 0 Å². The fourth-order valence-electron chi connectivity index (χ4n) is 9.40. The molecule has 0 radical (unpaired) electrons. The summed E-state index contributed by atoms with van der Waals surface area (Å²) in [6.45, 7) is 0.943. The molecule has 7 fully saturated rings. The Morgan fingerprint density at radius 1 is 1.00 bits per heavy atom. The van der Waals surface area contributed by atoms with Crippen LogP contribution in [0.15, 0.2) is 12.7 Å². The van der Waals surface area contributed by atoms with Gasteiger partial charge in [0.25, 0.3) is 5.91 Å². The molecule has 4 bridgehead atoms. The van der Waals surface area contributed by atoms with Crippen molar-refractivity contribution in [3.8, 4) is 0 Å². The molecule has 4 atom stereocenters. The van der Waals surface area contributed by atoms with Crippen molar-refractivity contribution in [3.05, 3.63) is 12.7 Å². The molecule has 2 saturated heterocycles.